The summed E-state index contributed by atoms with van der Waals surface area (Å²) >= 11 is 14.7. The first-order valence-electron chi connectivity index (χ1n) is 2.39. The van der Waals surface area contributed by atoms with Gasteiger partial charge in [0.2, 0.25) is 0 Å². The number of hydrogen-bond donors (Lipinski definition) is 0. The van der Waals surface area contributed by atoms with Crippen molar-refractivity contribution in [3.05, 3.63) is 34.3 Å². The SMILES string of the molecule is Clc1[c-]cccc1Cl.[Zn+][I]. The van der Waals surface area contributed by atoms with Crippen molar-refractivity contribution >= 4 is 43.0 Å². The van der Waals surface area contributed by atoms with Crippen molar-refractivity contribution in [1.82, 2.24) is 0 Å². The van der Waals surface area contributed by atoms with E-state index in [2.05, 4.69) is 25.8 Å². The van der Waals surface area contributed by atoms with Crippen LogP contribution in [-0.2, 0) is 14.8 Å². The van der Waals surface area contributed by atoms with Gasteiger partial charge in [-0.25, -0.2) is 0 Å². The van der Waals surface area contributed by atoms with Crippen molar-refractivity contribution in [1.29, 1.82) is 0 Å². The predicted octanol–water partition coefficient (Wildman–Crippen LogP) is 3.68. The molecule has 10 heavy (non-hydrogen) atoms. The van der Waals surface area contributed by atoms with E-state index in [9.17, 15) is 0 Å². The van der Waals surface area contributed by atoms with Gasteiger partial charge < -0.3 is 0 Å². The molecule has 1 aromatic carbocycles. The summed E-state index contributed by atoms with van der Waals surface area (Å²) in [6.45, 7) is 0. The molecule has 0 heterocycles. The van der Waals surface area contributed by atoms with Crippen LogP contribution in [0.25, 0.3) is 0 Å². The van der Waals surface area contributed by atoms with Crippen LogP contribution in [0.2, 0.25) is 10.0 Å². The molecule has 0 saturated heterocycles. The molecule has 0 radical (unpaired) electrons. The van der Waals surface area contributed by atoms with E-state index in [4.69, 9.17) is 23.2 Å². The maximum absolute atomic E-state index is 5.55. The molecule has 0 aliphatic heterocycles. The van der Waals surface area contributed by atoms with E-state index in [1.165, 1.54) is 14.8 Å². The van der Waals surface area contributed by atoms with Gasteiger partial charge in [0.15, 0.2) is 0 Å². The van der Waals surface area contributed by atoms with Gasteiger partial charge in [-0.1, -0.05) is 10.0 Å². The molecule has 0 spiro atoms. The van der Waals surface area contributed by atoms with Crippen LogP contribution in [0.15, 0.2) is 18.2 Å². The van der Waals surface area contributed by atoms with Gasteiger partial charge >= 0.3 is 34.5 Å². The summed E-state index contributed by atoms with van der Waals surface area (Å²) in [6, 6.07) is 7.96. The van der Waals surface area contributed by atoms with E-state index in [0.29, 0.717) is 10.0 Å². The zero-order chi connectivity index (χ0) is 7.98. The normalized spacial score (nSPS) is 8.10. The molecule has 1 aromatic rings. The molecule has 4 heteroatoms. The molecule has 0 N–H and O–H groups in total. The van der Waals surface area contributed by atoms with Gasteiger partial charge in [-0.05, 0) is 0 Å². The van der Waals surface area contributed by atoms with Crippen LogP contribution in [0.1, 0.15) is 0 Å². The Morgan fingerprint density at radius 1 is 1.40 bits per heavy atom. The second kappa shape index (κ2) is 6.84. The molecule has 0 amide bonds. The van der Waals surface area contributed by atoms with E-state index in [1.807, 2.05) is 0 Å². The van der Waals surface area contributed by atoms with Crippen molar-refractivity contribution in [3.63, 3.8) is 0 Å². The topological polar surface area (TPSA) is 0 Å². The Balaban J connectivity index is 0.000000371. The third-order valence-electron chi connectivity index (χ3n) is 0.759. The Kier molecular flexibility index (Phi) is 7.63. The predicted molar refractivity (Wildman–Crippen MR) is 49.3 cm³/mol. The van der Waals surface area contributed by atoms with Gasteiger partial charge in [0, 0.05) is 0 Å². The van der Waals surface area contributed by atoms with Gasteiger partial charge in [-0.3, -0.25) is 0 Å². The molecule has 0 bridgehead atoms. The first-order chi connectivity index (χ1) is 4.80. The standard InChI is InChI=1S/C6H3Cl2.HI.Zn/c7-5-3-1-2-4-6(5)8;;/h1-3H;1H;/q-1;;+2/p-1. The average molecular weight is 338 g/mol. The summed E-state index contributed by atoms with van der Waals surface area (Å²) in [5.74, 6) is 0. The second-order valence-corrected chi connectivity index (χ2v) is 2.12. The fourth-order valence-corrected chi connectivity index (χ4v) is 0.649. The Morgan fingerprint density at radius 2 is 2.00 bits per heavy atom. The maximum atomic E-state index is 5.55. The molecule has 0 aliphatic rings. The number of hydrogen-bond acceptors (Lipinski definition) is 0. The van der Waals surface area contributed by atoms with Crippen molar-refractivity contribution in [2.45, 2.75) is 0 Å². The molecule has 0 saturated carbocycles. The minimum atomic E-state index is 0.481. The van der Waals surface area contributed by atoms with Gasteiger partial charge in [0.1, 0.15) is 0 Å². The van der Waals surface area contributed by atoms with Crippen LogP contribution >= 0.6 is 43.0 Å². The summed E-state index contributed by atoms with van der Waals surface area (Å²) in [6.07, 6.45) is 0. The van der Waals surface area contributed by atoms with Gasteiger partial charge in [-0.2, -0.15) is 35.9 Å². The van der Waals surface area contributed by atoms with Crippen LogP contribution in [0.3, 0.4) is 0 Å². The number of rotatable bonds is 0. The van der Waals surface area contributed by atoms with Crippen LogP contribution < -0.4 is 0 Å². The monoisotopic (exact) mass is 336 g/mol. The Labute approximate surface area is 91.1 Å². The molecule has 0 atom stereocenters. The van der Waals surface area contributed by atoms with E-state index in [-0.39, 0.29) is 0 Å². The van der Waals surface area contributed by atoms with Crippen molar-refractivity contribution < 1.29 is 14.8 Å². The van der Waals surface area contributed by atoms with E-state index in [1.54, 1.807) is 18.2 Å². The van der Waals surface area contributed by atoms with Crippen LogP contribution in [0, 0.1) is 6.07 Å². The summed E-state index contributed by atoms with van der Waals surface area (Å²) in [5, 5.41) is 1.03. The van der Waals surface area contributed by atoms with E-state index in [0.717, 1.165) is 0 Å². The van der Waals surface area contributed by atoms with E-state index >= 15 is 0 Å². The zero-order valence-electron chi connectivity index (χ0n) is 5.07. The van der Waals surface area contributed by atoms with E-state index < -0.39 is 0 Å². The molecule has 0 aromatic heterocycles. The molecule has 50 valence electrons. The molecule has 0 unspecified atom stereocenters. The van der Waals surface area contributed by atoms with Crippen molar-refractivity contribution in [2.24, 2.45) is 0 Å². The fraction of sp³-hybridized carbons (Fsp3) is 0. The summed E-state index contributed by atoms with van der Waals surface area (Å²) < 4.78 is 0. The summed E-state index contributed by atoms with van der Waals surface area (Å²) in [5.41, 5.74) is 0. The number of benzene rings is 1. The third kappa shape index (κ3) is 4.12. The molecular weight excluding hydrogens is 335 g/mol. The summed E-state index contributed by atoms with van der Waals surface area (Å²) in [7, 11) is 0. The van der Waals surface area contributed by atoms with Gasteiger partial charge in [0.25, 0.3) is 0 Å². The molecule has 0 fully saturated rings. The van der Waals surface area contributed by atoms with Gasteiger partial charge in [0.05, 0.1) is 0 Å². The molecule has 0 aliphatic carbocycles. The number of halogens is 3. The average Bonchev–Trinajstić information content (AvgIpc) is 2.00. The minimum absolute atomic E-state index is 0.481. The second-order valence-electron chi connectivity index (χ2n) is 1.33. The van der Waals surface area contributed by atoms with Gasteiger partial charge in [-0.15, -0.1) is 11.6 Å². The third-order valence-corrected chi connectivity index (χ3v) is 1.48. The summed E-state index contributed by atoms with van der Waals surface area (Å²) in [4.78, 5) is 0. The molecule has 1 rings (SSSR count). The first kappa shape index (κ1) is 11.2. The fourth-order valence-electron chi connectivity index (χ4n) is 0.396. The Hall–Kier alpha value is 1.15. The van der Waals surface area contributed by atoms with Crippen LogP contribution in [-0.4, -0.2) is 0 Å². The zero-order valence-corrected chi connectivity index (χ0v) is 11.7. The Morgan fingerprint density at radius 3 is 2.30 bits per heavy atom. The molecular formula is C6H3Cl2IZn. The van der Waals surface area contributed by atoms with Crippen LogP contribution in [0.5, 0.6) is 0 Å². The van der Waals surface area contributed by atoms with Crippen molar-refractivity contribution in [2.75, 3.05) is 0 Å². The van der Waals surface area contributed by atoms with Crippen LogP contribution in [0.4, 0.5) is 0 Å². The quantitative estimate of drug-likeness (QED) is 0.385. The molecule has 0 nitrogen and oxygen atoms in total. The Bertz CT molecular complexity index is 172. The van der Waals surface area contributed by atoms with Crippen molar-refractivity contribution in [3.8, 4) is 0 Å². The first-order valence-corrected chi connectivity index (χ1v) is 12.2.